The zero-order valence-corrected chi connectivity index (χ0v) is 17.2. The van der Waals surface area contributed by atoms with E-state index in [2.05, 4.69) is 58.2 Å². The molecule has 0 saturated carbocycles. The minimum atomic E-state index is 0.710. The minimum absolute atomic E-state index is 0.710. The molecule has 116 valence electrons. The van der Waals surface area contributed by atoms with Crippen LogP contribution in [-0.2, 0) is 0 Å². The van der Waals surface area contributed by atoms with Gasteiger partial charge in [-0.2, -0.15) is 0 Å². The molecule has 0 aromatic heterocycles. The zero-order valence-electron chi connectivity index (χ0n) is 15.2. The molecule has 0 fully saturated rings. The molecule has 0 rings (SSSR count). The third kappa shape index (κ3) is 1730. The van der Waals surface area contributed by atoms with E-state index in [0.717, 1.165) is 0 Å². The Balaban J connectivity index is -0.0000000215. The normalized spacial score (nSPS) is 5.88. The van der Waals surface area contributed by atoms with Crippen molar-refractivity contribution in [2.45, 2.75) is 97.7 Å². The van der Waals surface area contributed by atoms with Crippen molar-refractivity contribution in [3.63, 3.8) is 0 Å². The maximum absolute atomic E-state index is 2.22. The standard InChI is InChI=1S/4C3H8.C2H6Xe.C2H6/c5*1-3-2;1-2/h4*3H2,1-2H3;1-2H3;1-2H3. The average molecular weight is 368 g/mol. The van der Waals surface area contributed by atoms with E-state index in [9.17, 15) is 0 Å². The van der Waals surface area contributed by atoms with Gasteiger partial charge in [0.25, 0.3) is 0 Å². The van der Waals surface area contributed by atoms with Gasteiger partial charge in [-0.15, -0.1) is 0 Å². The molecule has 0 aliphatic rings. The first-order valence-electron chi connectivity index (χ1n) is 7.36. The van der Waals surface area contributed by atoms with Crippen molar-refractivity contribution in [2.24, 2.45) is 0 Å². The van der Waals surface area contributed by atoms with Crippen molar-refractivity contribution in [3.05, 3.63) is 0 Å². The number of hydrogen-bond acceptors (Lipinski definition) is 0. The van der Waals surface area contributed by atoms with Gasteiger partial charge >= 0.3 is 47.0 Å². The van der Waals surface area contributed by atoms with Crippen LogP contribution in [0.5, 0.6) is 0 Å². The molecule has 0 radical (unpaired) electrons. The molecule has 0 aliphatic heterocycles. The summed E-state index contributed by atoms with van der Waals surface area (Å²) in [4.78, 5) is 0. The van der Waals surface area contributed by atoms with Crippen LogP contribution in [0, 0.1) is 44.2 Å². The fraction of sp³-hybridized carbons (Fsp3) is 1.00. The molecule has 0 saturated heterocycles. The van der Waals surface area contributed by atoms with E-state index in [1.54, 1.807) is 0 Å². The van der Waals surface area contributed by atoms with E-state index in [-0.39, 0.29) is 0 Å². The van der Waals surface area contributed by atoms with E-state index in [1.165, 1.54) is 25.7 Å². The first kappa shape index (κ1) is 36.3. The van der Waals surface area contributed by atoms with Crippen molar-refractivity contribution in [2.75, 3.05) is 0 Å². The third-order valence-electron chi connectivity index (χ3n) is 0. The molecule has 0 unspecified atom stereocenters. The van der Waals surface area contributed by atoms with E-state index < -0.39 is 0 Å². The fourth-order valence-electron chi connectivity index (χ4n) is 0. The fourth-order valence-corrected chi connectivity index (χ4v) is 0. The molecule has 0 atom stereocenters. The molecule has 0 nitrogen and oxygen atoms in total. The summed E-state index contributed by atoms with van der Waals surface area (Å²) in [6, 6.07) is 0. The van der Waals surface area contributed by atoms with Crippen molar-refractivity contribution >= 4 is 0 Å². The summed E-state index contributed by atoms with van der Waals surface area (Å²) in [6.07, 6.45) is 5.00. The molecular weight excluding hydrogens is 323 g/mol. The van der Waals surface area contributed by atoms with Crippen LogP contribution in [0.3, 0.4) is 0 Å². The second-order valence-electron chi connectivity index (χ2n) is 3.18. The number of rotatable bonds is 0. The van der Waals surface area contributed by atoms with Crippen molar-refractivity contribution in [3.8, 4) is 0 Å². The van der Waals surface area contributed by atoms with Gasteiger partial charge in [0.1, 0.15) is 0 Å². The Labute approximate surface area is 140 Å². The summed E-state index contributed by atoms with van der Waals surface area (Å²) in [5.41, 5.74) is 0. The monoisotopic (exact) mass is 368 g/mol. The van der Waals surface area contributed by atoms with Crippen LogP contribution in [0.15, 0.2) is 0 Å². The van der Waals surface area contributed by atoms with Crippen LogP contribution in [0.2, 0.25) is 2.78 Å². The van der Waals surface area contributed by atoms with Gasteiger partial charge in [0, 0.05) is 0 Å². The summed E-state index contributed by atoms with van der Waals surface area (Å²) < 4.78 is 4.43. The summed E-state index contributed by atoms with van der Waals surface area (Å²) in [5.74, 6) is 0. The molecule has 0 amide bonds. The molecule has 1 heteroatoms. The maximum atomic E-state index is 2.22. The van der Waals surface area contributed by atoms with Gasteiger partial charge in [0.15, 0.2) is 0 Å². The molecule has 0 aliphatic carbocycles. The van der Waals surface area contributed by atoms with Gasteiger partial charge in [-0.25, -0.2) is 0 Å². The van der Waals surface area contributed by atoms with Gasteiger partial charge in [0.2, 0.25) is 0 Å². The Morgan fingerprint density at radius 2 is 0.471 bits per heavy atom. The first-order chi connectivity index (χ1) is 8.07. The third-order valence-corrected chi connectivity index (χ3v) is 0. The Morgan fingerprint density at radius 3 is 0.471 bits per heavy atom. The van der Waals surface area contributed by atoms with E-state index in [0.29, 0.717) is 44.2 Å². The van der Waals surface area contributed by atoms with Gasteiger partial charge in [0.05, 0.1) is 0 Å². The predicted molar refractivity (Wildman–Crippen MR) is 86.9 cm³/mol. The van der Waals surface area contributed by atoms with Crippen LogP contribution in [0.4, 0.5) is 0 Å². The Morgan fingerprint density at radius 1 is 0.471 bits per heavy atom. The average Bonchev–Trinajstić information content (AvgIpc) is 2.25. The molecule has 0 aromatic carbocycles. The van der Waals surface area contributed by atoms with Crippen LogP contribution in [0.1, 0.15) is 94.9 Å². The van der Waals surface area contributed by atoms with Crippen LogP contribution in [-0.4, -0.2) is 0 Å². The Hall–Kier alpha value is 1.57. The molecule has 0 heterocycles. The summed E-state index contributed by atoms with van der Waals surface area (Å²) >= 11 is 0.710. The van der Waals surface area contributed by atoms with Gasteiger partial charge in [-0.3, -0.25) is 0 Å². The van der Waals surface area contributed by atoms with Crippen LogP contribution in [0.25, 0.3) is 0 Å². The molecule has 0 spiro atoms. The van der Waals surface area contributed by atoms with Gasteiger partial charge in [-0.1, -0.05) is 94.9 Å². The van der Waals surface area contributed by atoms with E-state index >= 15 is 0 Å². The SMILES string of the molecule is CC.CCC.CCC.CCC.CCC.C[Xe]C. The van der Waals surface area contributed by atoms with Crippen LogP contribution >= 0.6 is 0 Å². The first-order valence-corrected chi connectivity index (χ1v) is 11.4. The summed E-state index contributed by atoms with van der Waals surface area (Å²) in [5, 5.41) is 0. The topological polar surface area (TPSA) is 0 Å². The Bertz CT molecular complexity index is 17.1. The summed E-state index contributed by atoms with van der Waals surface area (Å²) in [6.45, 7) is 21.0. The van der Waals surface area contributed by atoms with Crippen molar-refractivity contribution < 1.29 is 44.2 Å². The second-order valence-corrected chi connectivity index (χ2v) is 5.20. The van der Waals surface area contributed by atoms with E-state index in [1.807, 2.05) is 13.8 Å². The predicted octanol–water partition coefficient (Wildman–Crippen LogP) is 7.86. The zero-order chi connectivity index (χ0) is 15.5. The molecular formula is C16H44Xe. The molecule has 17 heavy (non-hydrogen) atoms. The van der Waals surface area contributed by atoms with Gasteiger partial charge < -0.3 is 0 Å². The quantitative estimate of drug-likeness (QED) is 0.408. The van der Waals surface area contributed by atoms with E-state index in [4.69, 9.17) is 0 Å². The molecule has 0 N–H and O–H groups in total. The molecule has 0 aromatic rings. The summed E-state index contributed by atoms with van der Waals surface area (Å²) in [7, 11) is 0. The Kier molecular flexibility index (Phi) is 238. The molecule has 0 bridgehead atoms. The van der Waals surface area contributed by atoms with Crippen LogP contribution < -0.4 is 0 Å². The second kappa shape index (κ2) is 112. The van der Waals surface area contributed by atoms with Gasteiger partial charge in [-0.05, 0) is 0 Å². The van der Waals surface area contributed by atoms with Crippen molar-refractivity contribution in [1.82, 2.24) is 0 Å². The number of hydrogen-bond donors (Lipinski definition) is 0. The van der Waals surface area contributed by atoms with Crippen molar-refractivity contribution in [1.29, 1.82) is 0 Å².